The lowest BCUT2D eigenvalue weighted by Gasteiger charge is -2.31. The largest absolute Gasteiger partial charge is 0.391 e. The van der Waals surface area contributed by atoms with Crippen LogP contribution in [0, 0.1) is 17.0 Å². The van der Waals surface area contributed by atoms with Gasteiger partial charge in [0, 0.05) is 5.56 Å². The first kappa shape index (κ1) is 14.5. The van der Waals surface area contributed by atoms with Gasteiger partial charge >= 0.3 is 0 Å². The zero-order chi connectivity index (χ0) is 13.4. The third-order valence-electron chi connectivity index (χ3n) is 2.64. The molecule has 3 N–H and O–H groups in total. The highest BCUT2D eigenvalue weighted by Crippen LogP contribution is 2.33. The Morgan fingerprint density at radius 2 is 1.82 bits per heavy atom. The Labute approximate surface area is 108 Å². The molecule has 1 aromatic carbocycles. The Bertz CT molecular complexity index is 418. The van der Waals surface area contributed by atoms with E-state index in [0.717, 1.165) is 6.07 Å². The molecule has 0 unspecified atom stereocenters. The first-order chi connectivity index (χ1) is 7.66. The summed E-state index contributed by atoms with van der Waals surface area (Å²) >= 11 is 2.97. The second kappa shape index (κ2) is 5.00. The van der Waals surface area contributed by atoms with Crippen LogP contribution >= 0.6 is 15.9 Å². The maximum absolute atomic E-state index is 13.8. The number of benzene rings is 1. The molecule has 2 nitrogen and oxygen atoms in total. The number of hydrogen-bond acceptors (Lipinski definition) is 2. The Morgan fingerprint density at radius 1 is 1.29 bits per heavy atom. The molecule has 5 heteroatoms. The van der Waals surface area contributed by atoms with Crippen LogP contribution in [0.15, 0.2) is 16.6 Å². The zero-order valence-electron chi connectivity index (χ0n) is 9.97. The van der Waals surface area contributed by atoms with Gasteiger partial charge in [-0.25, -0.2) is 8.78 Å². The van der Waals surface area contributed by atoms with E-state index in [2.05, 4.69) is 15.9 Å². The van der Waals surface area contributed by atoms with E-state index in [0.29, 0.717) is 0 Å². The number of nitrogens with two attached hydrogens (primary N) is 1. The van der Waals surface area contributed by atoms with Crippen molar-refractivity contribution in [2.24, 2.45) is 11.1 Å². The van der Waals surface area contributed by atoms with Gasteiger partial charge in [-0.05, 0) is 33.5 Å². The van der Waals surface area contributed by atoms with Gasteiger partial charge in [0.05, 0.1) is 16.6 Å². The Balaban J connectivity index is 3.21. The molecule has 0 fully saturated rings. The summed E-state index contributed by atoms with van der Waals surface area (Å²) in [6, 6.07) is 1.29. The summed E-state index contributed by atoms with van der Waals surface area (Å²) in [7, 11) is 0. The van der Waals surface area contributed by atoms with E-state index in [1.807, 2.05) is 0 Å². The highest BCUT2D eigenvalue weighted by atomic mass is 79.9. The summed E-state index contributed by atoms with van der Waals surface area (Å²) in [5, 5.41) is 9.97. The number of halogens is 3. The third kappa shape index (κ3) is 3.03. The molecule has 0 radical (unpaired) electrons. The van der Waals surface area contributed by atoms with Crippen LogP contribution in [0.5, 0.6) is 0 Å². The Kier molecular flexibility index (Phi) is 4.28. The van der Waals surface area contributed by atoms with E-state index >= 15 is 0 Å². The van der Waals surface area contributed by atoms with Crippen molar-refractivity contribution in [3.8, 4) is 0 Å². The summed E-state index contributed by atoms with van der Waals surface area (Å²) < 4.78 is 27.5. The van der Waals surface area contributed by atoms with Crippen LogP contribution in [0.25, 0.3) is 0 Å². The minimum absolute atomic E-state index is 0.130. The average molecular weight is 308 g/mol. The van der Waals surface area contributed by atoms with Crippen LogP contribution in [-0.4, -0.2) is 11.2 Å². The third-order valence-corrected chi connectivity index (χ3v) is 3.25. The second-order valence-corrected chi connectivity index (χ2v) is 5.95. The molecule has 96 valence electrons. The molecule has 17 heavy (non-hydrogen) atoms. The van der Waals surface area contributed by atoms with E-state index in [9.17, 15) is 13.9 Å². The van der Waals surface area contributed by atoms with E-state index in [1.54, 1.807) is 20.8 Å². The van der Waals surface area contributed by atoms with Gasteiger partial charge in [0.15, 0.2) is 0 Å². The lowest BCUT2D eigenvalue weighted by molar-refractivity contribution is 0.0381. The first-order valence-corrected chi connectivity index (χ1v) is 6.02. The first-order valence-electron chi connectivity index (χ1n) is 5.23. The van der Waals surface area contributed by atoms with Crippen LogP contribution < -0.4 is 5.73 Å². The lowest BCUT2D eigenvalue weighted by atomic mass is 9.82. The maximum atomic E-state index is 13.8. The van der Waals surface area contributed by atoms with E-state index < -0.39 is 29.2 Å². The van der Waals surface area contributed by atoms with E-state index in [1.165, 1.54) is 6.07 Å². The summed E-state index contributed by atoms with van der Waals surface area (Å²) in [6.45, 7) is 5.27. The summed E-state index contributed by atoms with van der Waals surface area (Å²) in [5.74, 6) is -1.51. The van der Waals surface area contributed by atoms with E-state index in [-0.39, 0.29) is 10.0 Å². The second-order valence-electron chi connectivity index (χ2n) is 5.09. The van der Waals surface area contributed by atoms with Gasteiger partial charge in [-0.15, -0.1) is 0 Å². The molecule has 0 spiro atoms. The minimum atomic E-state index is -1.10. The SMILES string of the molecule is CC(C)(C)[C@@H](O)[C@@H](N)c1c(F)ccc(Br)c1F. The molecule has 0 aliphatic carbocycles. The summed E-state index contributed by atoms with van der Waals surface area (Å²) in [5.41, 5.74) is 4.90. The van der Waals surface area contributed by atoms with Gasteiger partial charge in [0.1, 0.15) is 11.6 Å². The minimum Gasteiger partial charge on any atom is -0.391 e. The van der Waals surface area contributed by atoms with Crippen molar-refractivity contribution >= 4 is 15.9 Å². The molecule has 0 amide bonds. The van der Waals surface area contributed by atoms with Crippen molar-refractivity contribution in [3.63, 3.8) is 0 Å². The molecule has 0 heterocycles. The quantitative estimate of drug-likeness (QED) is 0.825. The van der Waals surface area contributed by atoms with Crippen molar-refractivity contribution in [1.29, 1.82) is 0 Å². The average Bonchev–Trinajstić information content (AvgIpc) is 2.21. The molecule has 0 bridgehead atoms. The fourth-order valence-corrected chi connectivity index (χ4v) is 1.89. The predicted octanol–water partition coefficient (Wildman–Crippen LogP) is 3.13. The van der Waals surface area contributed by atoms with Crippen molar-refractivity contribution in [1.82, 2.24) is 0 Å². The number of hydrogen-bond donors (Lipinski definition) is 2. The molecule has 0 aromatic heterocycles. The maximum Gasteiger partial charge on any atom is 0.145 e. The lowest BCUT2D eigenvalue weighted by Crippen LogP contribution is -2.38. The van der Waals surface area contributed by atoms with Crippen LogP contribution in [0.4, 0.5) is 8.78 Å². The Morgan fingerprint density at radius 3 is 2.29 bits per heavy atom. The van der Waals surface area contributed by atoms with Crippen molar-refractivity contribution < 1.29 is 13.9 Å². The smallest absolute Gasteiger partial charge is 0.145 e. The van der Waals surface area contributed by atoms with E-state index in [4.69, 9.17) is 5.73 Å². The van der Waals surface area contributed by atoms with Gasteiger partial charge in [0.25, 0.3) is 0 Å². The number of aliphatic hydroxyl groups is 1. The Hall–Kier alpha value is -0.520. The predicted molar refractivity (Wildman–Crippen MR) is 66.4 cm³/mol. The standard InChI is InChI=1S/C12H16BrF2NO/c1-12(2,3)11(17)10(16)8-7(14)5-4-6(13)9(8)15/h4-5,10-11,17H,16H2,1-3H3/t10-,11-/m0/s1. The van der Waals surface area contributed by atoms with Gasteiger partial charge in [0.2, 0.25) is 0 Å². The molecule has 0 saturated heterocycles. The highest BCUT2D eigenvalue weighted by molar-refractivity contribution is 9.10. The molecule has 2 atom stereocenters. The topological polar surface area (TPSA) is 46.2 Å². The molecule has 1 aromatic rings. The van der Waals surface area contributed by atoms with Crippen LogP contribution in [0.2, 0.25) is 0 Å². The normalized spacial score (nSPS) is 15.8. The molecule has 0 aliphatic rings. The van der Waals surface area contributed by atoms with Crippen molar-refractivity contribution in [3.05, 3.63) is 33.8 Å². The van der Waals surface area contributed by atoms with Crippen LogP contribution in [0.1, 0.15) is 32.4 Å². The highest BCUT2D eigenvalue weighted by Gasteiger charge is 2.32. The molecular weight excluding hydrogens is 292 g/mol. The number of aliphatic hydroxyl groups excluding tert-OH is 1. The van der Waals surface area contributed by atoms with Gasteiger partial charge < -0.3 is 10.8 Å². The molecule has 0 saturated carbocycles. The van der Waals surface area contributed by atoms with Crippen LogP contribution in [0.3, 0.4) is 0 Å². The fraction of sp³-hybridized carbons (Fsp3) is 0.500. The van der Waals surface area contributed by atoms with Crippen molar-refractivity contribution in [2.75, 3.05) is 0 Å². The van der Waals surface area contributed by atoms with Crippen molar-refractivity contribution in [2.45, 2.75) is 32.9 Å². The van der Waals surface area contributed by atoms with Gasteiger partial charge in [-0.1, -0.05) is 20.8 Å². The molecule has 0 aliphatic heterocycles. The monoisotopic (exact) mass is 307 g/mol. The zero-order valence-corrected chi connectivity index (χ0v) is 11.6. The summed E-state index contributed by atoms with van der Waals surface area (Å²) in [6.07, 6.45) is -1.04. The summed E-state index contributed by atoms with van der Waals surface area (Å²) in [4.78, 5) is 0. The van der Waals surface area contributed by atoms with Gasteiger partial charge in [-0.2, -0.15) is 0 Å². The van der Waals surface area contributed by atoms with Gasteiger partial charge in [-0.3, -0.25) is 0 Å². The molecular formula is C12H16BrF2NO. The number of rotatable bonds is 2. The molecule has 1 rings (SSSR count). The fourth-order valence-electron chi connectivity index (χ4n) is 1.54. The van der Waals surface area contributed by atoms with Crippen LogP contribution in [-0.2, 0) is 0 Å².